The van der Waals surface area contributed by atoms with Crippen molar-refractivity contribution in [1.82, 2.24) is 5.32 Å². The van der Waals surface area contributed by atoms with Gasteiger partial charge < -0.3 is 10.4 Å². The molecule has 0 radical (unpaired) electrons. The molecule has 0 bridgehead atoms. The maximum absolute atomic E-state index is 10.7. The Morgan fingerprint density at radius 3 is 2.64 bits per heavy atom. The number of nitrogens with one attached hydrogen (secondary N) is 1. The van der Waals surface area contributed by atoms with Crippen LogP contribution >= 0.6 is 0 Å². The van der Waals surface area contributed by atoms with Crippen LogP contribution in [-0.4, -0.2) is 23.3 Å². The van der Waals surface area contributed by atoms with Gasteiger partial charge in [0, 0.05) is 6.04 Å². The predicted octanol–water partition coefficient (Wildman–Crippen LogP) is 1.93. The molecule has 1 saturated heterocycles. The summed E-state index contributed by atoms with van der Waals surface area (Å²) in [6.07, 6.45) is 5.77. The Hall–Kier alpha value is -0.0800. The van der Waals surface area contributed by atoms with Gasteiger partial charge in [0.1, 0.15) is 0 Å². The third-order valence-corrected chi connectivity index (χ3v) is 4.31. The number of hydrogen-bond acceptors (Lipinski definition) is 2. The van der Waals surface area contributed by atoms with Crippen LogP contribution in [0.25, 0.3) is 0 Å². The van der Waals surface area contributed by atoms with Gasteiger partial charge in [0.2, 0.25) is 0 Å². The molecule has 2 fully saturated rings. The molecule has 14 heavy (non-hydrogen) atoms. The van der Waals surface area contributed by atoms with Crippen molar-refractivity contribution in [2.24, 2.45) is 11.8 Å². The summed E-state index contributed by atoms with van der Waals surface area (Å²) in [5, 5.41) is 14.2. The van der Waals surface area contributed by atoms with Crippen LogP contribution < -0.4 is 5.32 Å². The van der Waals surface area contributed by atoms with E-state index in [1.807, 2.05) is 0 Å². The molecule has 0 amide bonds. The van der Waals surface area contributed by atoms with Crippen molar-refractivity contribution in [1.29, 1.82) is 0 Å². The van der Waals surface area contributed by atoms with E-state index in [1.54, 1.807) is 0 Å². The fourth-order valence-electron chi connectivity index (χ4n) is 3.28. The molecular formula is C12H23NO. The Labute approximate surface area is 87.1 Å². The molecule has 2 aliphatic rings. The minimum atomic E-state index is -0.414. The van der Waals surface area contributed by atoms with E-state index in [-0.39, 0.29) is 0 Å². The van der Waals surface area contributed by atoms with Crippen molar-refractivity contribution in [3.05, 3.63) is 0 Å². The summed E-state index contributed by atoms with van der Waals surface area (Å²) in [5.74, 6) is 1.26. The van der Waals surface area contributed by atoms with Crippen LogP contribution in [0.5, 0.6) is 0 Å². The van der Waals surface area contributed by atoms with Crippen LogP contribution in [-0.2, 0) is 0 Å². The van der Waals surface area contributed by atoms with Gasteiger partial charge in [-0.3, -0.25) is 0 Å². The van der Waals surface area contributed by atoms with Gasteiger partial charge in [-0.2, -0.15) is 0 Å². The molecule has 0 aromatic rings. The van der Waals surface area contributed by atoms with E-state index >= 15 is 0 Å². The highest BCUT2D eigenvalue weighted by atomic mass is 16.3. The second kappa shape index (κ2) is 3.82. The molecule has 2 rings (SSSR count). The molecule has 2 heteroatoms. The second-order valence-corrected chi connectivity index (χ2v) is 5.42. The summed E-state index contributed by atoms with van der Waals surface area (Å²) >= 11 is 0. The Kier molecular flexibility index (Phi) is 2.85. The van der Waals surface area contributed by atoms with Crippen molar-refractivity contribution < 1.29 is 5.11 Å². The van der Waals surface area contributed by atoms with Gasteiger partial charge in [-0.1, -0.05) is 13.8 Å². The van der Waals surface area contributed by atoms with E-state index in [9.17, 15) is 5.11 Å². The van der Waals surface area contributed by atoms with Crippen LogP contribution in [0.15, 0.2) is 0 Å². The molecule has 2 nitrogen and oxygen atoms in total. The maximum atomic E-state index is 10.7. The van der Waals surface area contributed by atoms with E-state index in [2.05, 4.69) is 19.2 Å². The Morgan fingerprint density at radius 1 is 1.29 bits per heavy atom. The monoisotopic (exact) mass is 197 g/mol. The van der Waals surface area contributed by atoms with Gasteiger partial charge in [0.25, 0.3) is 0 Å². The zero-order chi connectivity index (χ0) is 10.2. The first-order valence-electron chi connectivity index (χ1n) is 6.08. The molecule has 1 aliphatic heterocycles. The smallest absolute Gasteiger partial charge is 0.0825 e. The predicted molar refractivity (Wildman–Crippen MR) is 58.2 cm³/mol. The Bertz CT molecular complexity index is 200. The molecular weight excluding hydrogens is 174 g/mol. The minimum Gasteiger partial charge on any atom is -0.388 e. The van der Waals surface area contributed by atoms with Crippen LogP contribution in [0.4, 0.5) is 0 Å². The largest absolute Gasteiger partial charge is 0.388 e. The van der Waals surface area contributed by atoms with Gasteiger partial charge in [-0.15, -0.1) is 0 Å². The lowest BCUT2D eigenvalue weighted by Crippen LogP contribution is -2.54. The van der Waals surface area contributed by atoms with Gasteiger partial charge in [-0.25, -0.2) is 0 Å². The van der Waals surface area contributed by atoms with Crippen LogP contribution in [0.3, 0.4) is 0 Å². The second-order valence-electron chi connectivity index (χ2n) is 5.42. The summed E-state index contributed by atoms with van der Waals surface area (Å²) in [6, 6.07) is 0.366. The highest BCUT2D eigenvalue weighted by molar-refractivity contribution is 5.00. The average Bonchev–Trinajstić information content (AvgIpc) is 2.65. The SMILES string of the molecule is CC1CCC(O)(C2CCCN2)C(C)C1. The molecule has 1 heterocycles. The first kappa shape index (κ1) is 10.4. The Balaban J connectivity index is 2.05. The zero-order valence-electron chi connectivity index (χ0n) is 9.42. The highest BCUT2D eigenvalue weighted by Gasteiger charge is 2.45. The molecule has 4 atom stereocenters. The summed E-state index contributed by atoms with van der Waals surface area (Å²) in [6.45, 7) is 5.61. The lowest BCUT2D eigenvalue weighted by molar-refractivity contribution is -0.0768. The van der Waals surface area contributed by atoms with E-state index in [1.165, 1.54) is 19.3 Å². The normalized spacial score (nSPS) is 49.5. The fraction of sp³-hybridized carbons (Fsp3) is 1.00. The van der Waals surface area contributed by atoms with Crippen molar-refractivity contribution >= 4 is 0 Å². The van der Waals surface area contributed by atoms with Crippen LogP contribution in [0.1, 0.15) is 46.0 Å². The van der Waals surface area contributed by atoms with E-state index in [4.69, 9.17) is 0 Å². The fourth-order valence-corrected chi connectivity index (χ4v) is 3.28. The first-order chi connectivity index (χ1) is 6.63. The van der Waals surface area contributed by atoms with E-state index in [0.717, 1.165) is 25.3 Å². The molecule has 0 aromatic carbocycles. The number of rotatable bonds is 1. The molecule has 0 aromatic heterocycles. The first-order valence-corrected chi connectivity index (χ1v) is 6.08. The summed E-state index contributed by atoms with van der Waals surface area (Å²) < 4.78 is 0. The minimum absolute atomic E-state index is 0.366. The van der Waals surface area contributed by atoms with Crippen molar-refractivity contribution in [3.8, 4) is 0 Å². The van der Waals surface area contributed by atoms with Gasteiger partial charge >= 0.3 is 0 Å². The molecule has 4 unspecified atom stereocenters. The molecule has 1 aliphatic carbocycles. The lowest BCUT2D eigenvalue weighted by atomic mass is 9.68. The van der Waals surface area contributed by atoms with Gasteiger partial charge in [0.05, 0.1) is 5.60 Å². The van der Waals surface area contributed by atoms with Crippen LogP contribution in [0.2, 0.25) is 0 Å². The maximum Gasteiger partial charge on any atom is 0.0825 e. The van der Waals surface area contributed by atoms with Crippen molar-refractivity contribution in [3.63, 3.8) is 0 Å². The van der Waals surface area contributed by atoms with Gasteiger partial charge in [0.15, 0.2) is 0 Å². The van der Waals surface area contributed by atoms with Gasteiger partial charge in [-0.05, 0) is 50.5 Å². The zero-order valence-corrected chi connectivity index (χ0v) is 9.42. The summed E-state index contributed by atoms with van der Waals surface area (Å²) in [5.41, 5.74) is -0.414. The highest BCUT2D eigenvalue weighted by Crippen LogP contribution is 2.40. The van der Waals surface area contributed by atoms with Crippen molar-refractivity contribution in [2.45, 2.75) is 57.6 Å². The number of hydrogen-bond donors (Lipinski definition) is 2. The third kappa shape index (κ3) is 1.70. The molecule has 82 valence electrons. The molecule has 2 N–H and O–H groups in total. The topological polar surface area (TPSA) is 32.3 Å². The lowest BCUT2D eigenvalue weighted by Gasteiger charge is -2.44. The standard InChI is InChI=1S/C12H23NO/c1-9-5-6-12(14,10(2)8-9)11-4-3-7-13-11/h9-11,13-14H,3-8H2,1-2H3. The summed E-state index contributed by atoms with van der Waals surface area (Å²) in [4.78, 5) is 0. The number of aliphatic hydroxyl groups is 1. The third-order valence-electron chi connectivity index (χ3n) is 4.31. The quantitative estimate of drug-likeness (QED) is 0.673. The Morgan fingerprint density at radius 2 is 2.07 bits per heavy atom. The van der Waals surface area contributed by atoms with Crippen molar-refractivity contribution in [2.75, 3.05) is 6.54 Å². The van der Waals surface area contributed by atoms with Crippen LogP contribution in [0, 0.1) is 11.8 Å². The average molecular weight is 197 g/mol. The van der Waals surface area contributed by atoms with E-state index in [0.29, 0.717) is 12.0 Å². The summed E-state index contributed by atoms with van der Waals surface area (Å²) in [7, 11) is 0. The van der Waals surface area contributed by atoms with E-state index < -0.39 is 5.60 Å². The molecule has 1 saturated carbocycles. The molecule has 0 spiro atoms.